The van der Waals surface area contributed by atoms with Gasteiger partial charge in [-0.25, -0.2) is 0 Å². The Morgan fingerprint density at radius 2 is 1.95 bits per heavy atom. The van der Waals surface area contributed by atoms with Crippen LogP contribution < -0.4 is 15.5 Å². The standard InChI is InChI=1S/C13H19ClN6O/c14-11-17-12(15-8-10(21)16-9-4-5-9)19-13(18-11)20-6-2-1-3-7-20/h9H,1-8H2,(H,16,21)(H,15,17,18,19). The van der Waals surface area contributed by atoms with Crippen molar-refractivity contribution in [2.75, 3.05) is 29.9 Å². The summed E-state index contributed by atoms with van der Waals surface area (Å²) in [5.41, 5.74) is 0. The lowest BCUT2D eigenvalue weighted by molar-refractivity contribution is -0.119. The Bertz CT molecular complexity index is 515. The van der Waals surface area contributed by atoms with Gasteiger partial charge in [-0.15, -0.1) is 0 Å². The van der Waals surface area contributed by atoms with E-state index in [1.807, 2.05) is 0 Å². The van der Waals surface area contributed by atoms with E-state index in [0.29, 0.717) is 17.9 Å². The first-order valence-electron chi connectivity index (χ1n) is 7.40. The van der Waals surface area contributed by atoms with E-state index < -0.39 is 0 Å². The zero-order chi connectivity index (χ0) is 14.7. The summed E-state index contributed by atoms with van der Waals surface area (Å²) in [5.74, 6) is 0.884. The molecular formula is C13H19ClN6O. The van der Waals surface area contributed by atoms with Gasteiger partial charge in [0.05, 0.1) is 6.54 Å². The predicted molar refractivity (Wildman–Crippen MR) is 80.6 cm³/mol. The number of amides is 1. The monoisotopic (exact) mass is 310 g/mol. The fourth-order valence-electron chi connectivity index (χ4n) is 2.32. The van der Waals surface area contributed by atoms with Crippen molar-refractivity contribution in [1.29, 1.82) is 0 Å². The van der Waals surface area contributed by atoms with Crippen LogP contribution in [0.25, 0.3) is 0 Å². The van der Waals surface area contributed by atoms with E-state index in [1.165, 1.54) is 6.42 Å². The summed E-state index contributed by atoms with van der Waals surface area (Å²) in [6, 6.07) is 0.352. The highest BCUT2D eigenvalue weighted by Crippen LogP contribution is 2.19. The second-order valence-electron chi connectivity index (χ2n) is 5.47. The molecule has 0 atom stereocenters. The molecule has 8 heteroatoms. The van der Waals surface area contributed by atoms with Crippen molar-refractivity contribution in [1.82, 2.24) is 20.3 Å². The molecule has 1 aliphatic carbocycles. The minimum Gasteiger partial charge on any atom is -0.352 e. The third-order valence-corrected chi connectivity index (χ3v) is 3.75. The van der Waals surface area contributed by atoms with Gasteiger partial charge in [-0.05, 0) is 43.7 Å². The molecule has 1 saturated heterocycles. The van der Waals surface area contributed by atoms with Crippen LogP contribution in [0.5, 0.6) is 0 Å². The van der Waals surface area contributed by atoms with Crippen LogP contribution >= 0.6 is 11.6 Å². The van der Waals surface area contributed by atoms with Crippen LogP contribution in [0.2, 0.25) is 5.28 Å². The second-order valence-corrected chi connectivity index (χ2v) is 5.81. The Balaban J connectivity index is 1.61. The molecule has 1 aromatic rings. The third kappa shape index (κ3) is 4.17. The maximum absolute atomic E-state index is 11.7. The molecule has 0 radical (unpaired) electrons. The van der Waals surface area contributed by atoms with E-state index >= 15 is 0 Å². The second kappa shape index (κ2) is 6.43. The summed E-state index contributed by atoms with van der Waals surface area (Å²) in [4.78, 5) is 26.3. The molecule has 0 bridgehead atoms. The Labute approximate surface area is 128 Å². The van der Waals surface area contributed by atoms with Crippen molar-refractivity contribution in [2.24, 2.45) is 0 Å². The number of hydrogen-bond donors (Lipinski definition) is 2. The summed E-state index contributed by atoms with van der Waals surface area (Å²) in [6.45, 7) is 2.01. The lowest BCUT2D eigenvalue weighted by Crippen LogP contribution is -2.33. The molecule has 2 aliphatic rings. The van der Waals surface area contributed by atoms with E-state index in [2.05, 4.69) is 30.5 Å². The number of nitrogens with zero attached hydrogens (tertiary/aromatic N) is 4. The first-order chi connectivity index (χ1) is 10.2. The van der Waals surface area contributed by atoms with Crippen LogP contribution in [-0.2, 0) is 4.79 Å². The molecule has 1 aliphatic heterocycles. The van der Waals surface area contributed by atoms with Crippen molar-refractivity contribution in [3.63, 3.8) is 0 Å². The summed E-state index contributed by atoms with van der Waals surface area (Å²) in [5, 5.41) is 5.96. The predicted octanol–water partition coefficient (Wildman–Crippen LogP) is 1.21. The number of aromatic nitrogens is 3. The van der Waals surface area contributed by atoms with E-state index in [1.54, 1.807) is 0 Å². The number of hydrogen-bond acceptors (Lipinski definition) is 6. The Morgan fingerprint density at radius 1 is 1.19 bits per heavy atom. The number of nitrogens with one attached hydrogen (secondary N) is 2. The topological polar surface area (TPSA) is 83.0 Å². The van der Waals surface area contributed by atoms with Gasteiger partial charge >= 0.3 is 0 Å². The van der Waals surface area contributed by atoms with Crippen LogP contribution in [0.1, 0.15) is 32.1 Å². The van der Waals surface area contributed by atoms with Crippen LogP contribution in [0.15, 0.2) is 0 Å². The van der Waals surface area contributed by atoms with E-state index in [4.69, 9.17) is 11.6 Å². The van der Waals surface area contributed by atoms with Gasteiger partial charge in [0.15, 0.2) is 0 Å². The smallest absolute Gasteiger partial charge is 0.239 e. The van der Waals surface area contributed by atoms with Gasteiger partial charge in [-0.2, -0.15) is 15.0 Å². The van der Waals surface area contributed by atoms with Crippen LogP contribution in [0.3, 0.4) is 0 Å². The molecular weight excluding hydrogens is 292 g/mol. The van der Waals surface area contributed by atoms with Gasteiger partial charge in [0, 0.05) is 19.1 Å². The molecule has 2 N–H and O–H groups in total. The largest absolute Gasteiger partial charge is 0.352 e. The van der Waals surface area contributed by atoms with Crippen molar-refractivity contribution < 1.29 is 4.79 Å². The van der Waals surface area contributed by atoms with Gasteiger partial charge in [-0.3, -0.25) is 4.79 Å². The number of piperidine rings is 1. The molecule has 3 rings (SSSR count). The lowest BCUT2D eigenvalue weighted by atomic mass is 10.1. The highest BCUT2D eigenvalue weighted by Gasteiger charge is 2.23. The van der Waals surface area contributed by atoms with Gasteiger partial charge in [-0.1, -0.05) is 0 Å². The summed E-state index contributed by atoms with van der Waals surface area (Å²) in [7, 11) is 0. The first-order valence-corrected chi connectivity index (χ1v) is 7.78. The Morgan fingerprint density at radius 3 is 2.67 bits per heavy atom. The van der Waals surface area contributed by atoms with Gasteiger partial charge < -0.3 is 15.5 Å². The van der Waals surface area contributed by atoms with Crippen LogP contribution in [-0.4, -0.2) is 46.5 Å². The fourth-order valence-corrected chi connectivity index (χ4v) is 2.48. The summed E-state index contributed by atoms with van der Waals surface area (Å²) < 4.78 is 0. The van der Waals surface area contributed by atoms with E-state index in [9.17, 15) is 4.79 Å². The highest BCUT2D eigenvalue weighted by atomic mass is 35.5. The molecule has 2 fully saturated rings. The number of halogens is 1. The van der Waals surface area contributed by atoms with Gasteiger partial charge in [0.1, 0.15) is 0 Å². The number of carbonyl (C=O) groups is 1. The van der Waals surface area contributed by atoms with Crippen molar-refractivity contribution in [2.45, 2.75) is 38.1 Å². The first kappa shape index (κ1) is 14.3. The normalized spacial score (nSPS) is 18.4. The van der Waals surface area contributed by atoms with Crippen LogP contribution in [0.4, 0.5) is 11.9 Å². The number of rotatable bonds is 5. The average molecular weight is 311 g/mol. The molecule has 2 heterocycles. The molecule has 0 spiro atoms. The summed E-state index contributed by atoms with van der Waals surface area (Å²) >= 11 is 5.95. The Hall–Kier alpha value is -1.63. The zero-order valence-corrected chi connectivity index (χ0v) is 12.6. The molecule has 1 amide bonds. The van der Waals surface area contributed by atoms with Crippen molar-refractivity contribution in [3.05, 3.63) is 5.28 Å². The van der Waals surface area contributed by atoms with Crippen LogP contribution in [0, 0.1) is 0 Å². The molecule has 21 heavy (non-hydrogen) atoms. The molecule has 7 nitrogen and oxygen atoms in total. The summed E-state index contributed by atoms with van der Waals surface area (Å²) in [6.07, 6.45) is 5.65. The van der Waals surface area contributed by atoms with Crippen molar-refractivity contribution in [3.8, 4) is 0 Å². The van der Waals surface area contributed by atoms with Crippen molar-refractivity contribution >= 4 is 29.4 Å². The highest BCUT2D eigenvalue weighted by molar-refractivity contribution is 6.28. The van der Waals surface area contributed by atoms with Gasteiger partial charge in [0.2, 0.25) is 23.1 Å². The SMILES string of the molecule is O=C(CNc1nc(Cl)nc(N2CCCCC2)n1)NC1CC1. The third-order valence-electron chi connectivity index (χ3n) is 3.58. The lowest BCUT2D eigenvalue weighted by Gasteiger charge is -2.26. The molecule has 1 aromatic heterocycles. The molecule has 0 unspecified atom stereocenters. The fraction of sp³-hybridized carbons (Fsp3) is 0.692. The maximum Gasteiger partial charge on any atom is 0.239 e. The molecule has 0 aromatic carbocycles. The molecule has 114 valence electrons. The molecule has 1 saturated carbocycles. The number of carbonyl (C=O) groups excluding carboxylic acids is 1. The number of anilines is 2. The Kier molecular flexibility index (Phi) is 4.38. The average Bonchev–Trinajstić information content (AvgIpc) is 3.29. The van der Waals surface area contributed by atoms with Gasteiger partial charge in [0.25, 0.3) is 0 Å². The van der Waals surface area contributed by atoms with E-state index in [-0.39, 0.29) is 17.7 Å². The minimum absolute atomic E-state index is 0.0476. The van der Waals surface area contributed by atoms with E-state index in [0.717, 1.165) is 38.8 Å². The zero-order valence-electron chi connectivity index (χ0n) is 11.8. The quantitative estimate of drug-likeness (QED) is 0.850. The minimum atomic E-state index is -0.0476. The maximum atomic E-state index is 11.7.